The molecule has 0 aromatic carbocycles. The molecule has 0 aliphatic carbocycles. The predicted octanol–water partition coefficient (Wildman–Crippen LogP) is 1.43. The third kappa shape index (κ3) is 1.71. The van der Waals surface area contributed by atoms with E-state index in [1.165, 1.54) is 0 Å². The number of pyridine rings is 1. The largest absolute Gasteiger partial charge is 0.478 e. The number of hydrogen-bond donors (Lipinski definition) is 2. The highest BCUT2D eigenvalue weighted by Crippen LogP contribution is 2.25. The van der Waals surface area contributed by atoms with Gasteiger partial charge in [-0.05, 0) is 13.3 Å². The van der Waals surface area contributed by atoms with Crippen molar-refractivity contribution in [1.29, 1.82) is 0 Å². The van der Waals surface area contributed by atoms with Gasteiger partial charge in [-0.1, -0.05) is 6.92 Å². The zero-order valence-electron chi connectivity index (χ0n) is 9.77. The Bertz CT molecular complexity index is 589. The summed E-state index contributed by atoms with van der Waals surface area (Å²) in [5.74, 6) is -1.06. The van der Waals surface area contributed by atoms with Crippen LogP contribution in [0.15, 0.2) is 6.20 Å². The van der Waals surface area contributed by atoms with Gasteiger partial charge in [-0.2, -0.15) is 5.10 Å². The Labute approximate surface area is 98.1 Å². The quantitative estimate of drug-likeness (QED) is 0.837. The van der Waals surface area contributed by atoms with Crippen LogP contribution in [-0.2, 0) is 6.54 Å². The summed E-state index contributed by atoms with van der Waals surface area (Å²) in [6.45, 7) is 4.42. The first-order valence-corrected chi connectivity index (χ1v) is 5.41. The molecule has 2 rings (SSSR count). The molecule has 3 N–H and O–H groups in total. The molecule has 0 aliphatic heterocycles. The van der Waals surface area contributed by atoms with Crippen LogP contribution >= 0.6 is 0 Å². The van der Waals surface area contributed by atoms with Crippen LogP contribution in [0.4, 0.5) is 5.69 Å². The van der Waals surface area contributed by atoms with Crippen LogP contribution in [0.25, 0.3) is 11.0 Å². The van der Waals surface area contributed by atoms with Crippen LogP contribution in [0.5, 0.6) is 0 Å². The molecule has 0 bridgehead atoms. The van der Waals surface area contributed by atoms with Crippen LogP contribution in [0.3, 0.4) is 0 Å². The maximum Gasteiger partial charge on any atom is 0.339 e. The number of nitrogens with two attached hydrogens (primary N) is 1. The van der Waals surface area contributed by atoms with E-state index in [1.54, 1.807) is 17.8 Å². The van der Waals surface area contributed by atoms with Crippen molar-refractivity contribution in [3.63, 3.8) is 0 Å². The Balaban J connectivity index is 2.74. The van der Waals surface area contributed by atoms with Crippen molar-refractivity contribution in [3.05, 3.63) is 17.5 Å². The minimum absolute atomic E-state index is 0.0635. The summed E-state index contributed by atoms with van der Waals surface area (Å²) in [6.07, 6.45) is 2.50. The number of aryl methyl sites for hydroxylation is 2. The molecule has 0 atom stereocenters. The smallest absolute Gasteiger partial charge is 0.339 e. The van der Waals surface area contributed by atoms with Crippen molar-refractivity contribution >= 4 is 22.7 Å². The number of aromatic carboxylic acids is 1. The summed E-state index contributed by atoms with van der Waals surface area (Å²) >= 11 is 0. The van der Waals surface area contributed by atoms with E-state index in [2.05, 4.69) is 10.1 Å². The van der Waals surface area contributed by atoms with Crippen LogP contribution in [-0.4, -0.2) is 25.8 Å². The number of anilines is 1. The lowest BCUT2D eigenvalue weighted by Gasteiger charge is -2.06. The molecule has 0 aliphatic rings. The topological polar surface area (TPSA) is 94.0 Å². The van der Waals surface area contributed by atoms with Crippen molar-refractivity contribution in [1.82, 2.24) is 14.8 Å². The van der Waals surface area contributed by atoms with Gasteiger partial charge in [-0.15, -0.1) is 0 Å². The standard InChI is InChI=1S/C11H14N4O2/c1-3-4-15-10-7(5-13-15)9(12)8(11(16)17)6(2)14-10/h5H,3-4H2,1-2H3,(H2,12,14)(H,16,17). The van der Waals surface area contributed by atoms with E-state index in [1.807, 2.05) is 6.92 Å². The molecular weight excluding hydrogens is 220 g/mol. The molecule has 6 nitrogen and oxygen atoms in total. The minimum atomic E-state index is -1.06. The second-order valence-corrected chi connectivity index (χ2v) is 3.90. The predicted molar refractivity (Wildman–Crippen MR) is 63.9 cm³/mol. The highest BCUT2D eigenvalue weighted by molar-refractivity contribution is 6.03. The molecule has 2 heterocycles. The molecule has 2 aromatic rings. The number of hydrogen-bond acceptors (Lipinski definition) is 4. The summed E-state index contributed by atoms with van der Waals surface area (Å²) in [7, 11) is 0. The lowest BCUT2D eigenvalue weighted by Crippen LogP contribution is -2.09. The number of carbonyl (C=O) groups is 1. The van der Waals surface area contributed by atoms with E-state index in [0.717, 1.165) is 13.0 Å². The van der Waals surface area contributed by atoms with Gasteiger partial charge in [0.05, 0.1) is 23.0 Å². The maximum atomic E-state index is 11.1. The Morgan fingerprint density at radius 3 is 2.88 bits per heavy atom. The van der Waals surface area contributed by atoms with E-state index in [-0.39, 0.29) is 11.3 Å². The van der Waals surface area contributed by atoms with Gasteiger partial charge in [0.1, 0.15) is 5.56 Å². The van der Waals surface area contributed by atoms with Gasteiger partial charge in [-0.25, -0.2) is 14.5 Å². The van der Waals surface area contributed by atoms with E-state index in [0.29, 0.717) is 16.7 Å². The SMILES string of the molecule is CCCn1ncc2c(N)c(C(=O)O)c(C)nc21. The van der Waals surface area contributed by atoms with Crippen LogP contribution in [0, 0.1) is 6.92 Å². The summed E-state index contributed by atoms with van der Waals surface area (Å²) in [4.78, 5) is 15.3. The second kappa shape index (κ2) is 4.04. The van der Waals surface area contributed by atoms with E-state index in [4.69, 9.17) is 10.8 Å². The van der Waals surface area contributed by atoms with Gasteiger partial charge in [0, 0.05) is 6.54 Å². The molecule has 0 spiro atoms. The van der Waals surface area contributed by atoms with Crippen LogP contribution in [0.1, 0.15) is 29.4 Å². The molecule has 0 amide bonds. The number of rotatable bonds is 3. The molecule has 0 saturated heterocycles. The monoisotopic (exact) mass is 234 g/mol. The fraction of sp³-hybridized carbons (Fsp3) is 0.364. The Morgan fingerprint density at radius 2 is 2.29 bits per heavy atom. The molecule has 0 saturated carbocycles. The summed E-state index contributed by atoms with van der Waals surface area (Å²) in [5, 5.41) is 13.8. The summed E-state index contributed by atoms with van der Waals surface area (Å²) in [5.41, 5.74) is 7.22. The van der Waals surface area contributed by atoms with E-state index < -0.39 is 5.97 Å². The highest BCUT2D eigenvalue weighted by Gasteiger charge is 2.18. The average Bonchev–Trinajstić information content (AvgIpc) is 2.62. The van der Waals surface area contributed by atoms with Crippen molar-refractivity contribution < 1.29 is 9.90 Å². The normalized spacial score (nSPS) is 10.9. The number of aromatic nitrogens is 3. The summed E-state index contributed by atoms with van der Waals surface area (Å²) < 4.78 is 1.74. The molecular formula is C11H14N4O2. The van der Waals surface area contributed by atoms with Crippen LogP contribution < -0.4 is 5.73 Å². The zero-order valence-corrected chi connectivity index (χ0v) is 9.77. The first kappa shape index (κ1) is 11.4. The van der Waals surface area contributed by atoms with Gasteiger partial charge in [0.25, 0.3) is 0 Å². The fourth-order valence-corrected chi connectivity index (χ4v) is 1.88. The number of nitrogens with zero attached hydrogens (tertiary/aromatic N) is 3. The first-order chi connectivity index (χ1) is 8.06. The van der Waals surface area contributed by atoms with Gasteiger partial charge < -0.3 is 10.8 Å². The molecule has 0 fully saturated rings. The van der Waals surface area contributed by atoms with Gasteiger partial charge >= 0.3 is 5.97 Å². The number of nitrogen functional groups attached to an aromatic ring is 1. The lowest BCUT2D eigenvalue weighted by molar-refractivity contribution is 0.0697. The number of fused-ring (bicyclic) bond motifs is 1. The van der Waals surface area contributed by atoms with E-state index >= 15 is 0 Å². The third-order valence-electron chi connectivity index (χ3n) is 2.66. The van der Waals surface area contributed by atoms with Gasteiger partial charge in [0.15, 0.2) is 5.65 Å². The van der Waals surface area contributed by atoms with Crippen molar-refractivity contribution in [3.8, 4) is 0 Å². The van der Waals surface area contributed by atoms with Crippen LogP contribution in [0.2, 0.25) is 0 Å². The minimum Gasteiger partial charge on any atom is -0.478 e. The number of carboxylic acids is 1. The summed E-state index contributed by atoms with van der Waals surface area (Å²) in [6, 6.07) is 0. The number of carboxylic acid groups (broad SMARTS) is 1. The third-order valence-corrected chi connectivity index (χ3v) is 2.66. The molecule has 90 valence electrons. The second-order valence-electron chi connectivity index (χ2n) is 3.90. The fourth-order valence-electron chi connectivity index (χ4n) is 1.88. The zero-order chi connectivity index (χ0) is 12.6. The molecule has 0 unspecified atom stereocenters. The molecule has 17 heavy (non-hydrogen) atoms. The lowest BCUT2D eigenvalue weighted by atomic mass is 10.1. The average molecular weight is 234 g/mol. The highest BCUT2D eigenvalue weighted by atomic mass is 16.4. The van der Waals surface area contributed by atoms with E-state index in [9.17, 15) is 4.79 Å². The molecule has 6 heteroatoms. The van der Waals surface area contributed by atoms with Crippen molar-refractivity contribution in [2.45, 2.75) is 26.8 Å². The Hall–Kier alpha value is -2.11. The van der Waals surface area contributed by atoms with Crippen molar-refractivity contribution in [2.75, 3.05) is 5.73 Å². The van der Waals surface area contributed by atoms with Crippen molar-refractivity contribution in [2.24, 2.45) is 0 Å². The maximum absolute atomic E-state index is 11.1. The molecule has 0 radical (unpaired) electrons. The Kier molecular flexibility index (Phi) is 2.71. The Morgan fingerprint density at radius 1 is 1.59 bits per heavy atom. The molecule has 2 aromatic heterocycles. The first-order valence-electron chi connectivity index (χ1n) is 5.41. The van der Waals surface area contributed by atoms with Gasteiger partial charge in [0.2, 0.25) is 0 Å². The van der Waals surface area contributed by atoms with Gasteiger partial charge in [-0.3, -0.25) is 0 Å².